The first-order chi connectivity index (χ1) is 9.12. The molecule has 1 aliphatic heterocycles. The number of ether oxygens (including phenoxy) is 1. The molecule has 1 aromatic rings. The van der Waals surface area contributed by atoms with Crippen LogP contribution in [0, 0.1) is 0 Å². The van der Waals surface area contributed by atoms with Crippen molar-refractivity contribution in [1.29, 1.82) is 0 Å². The van der Waals surface area contributed by atoms with Gasteiger partial charge in [-0.05, 0) is 18.1 Å². The van der Waals surface area contributed by atoms with Gasteiger partial charge in [-0.15, -0.1) is 0 Å². The Morgan fingerprint density at radius 1 is 1.42 bits per heavy atom. The first kappa shape index (κ1) is 14.3. The summed E-state index contributed by atoms with van der Waals surface area (Å²) in [6.07, 6.45) is 0.802. The average Bonchev–Trinajstić information content (AvgIpc) is 2.80. The normalized spacial score (nSPS) is 18.1. The lowest BCUT2D eigenvalue weighted by molar-refractivity contribution is 0.217. The number of fused-ring (bicyclic) bond motifs is 1. The number of hydrogen-bond donors (Lipinski definition) is 2. The molecular weight excluding hydrogens is 264 g/mol. The molecule has 5 nitrogen and oxygen atoms in total. The molecule has 0 amide bonds. The summed E-state index contributed by atoms with van der Waals surface area (Å²) >= 11 is 0. The van der Waals surface area contributed by atoms with Gasteiger partial charge in [-0.3, -0.25) is 0 Å². The van der Waals surface area contributed by atoms with E-state index in [1.807, 2.05) is 12.1 Å². The van der Waals surface area contributed by atoms with Crippen LogP contribution in [0.4, 0.5) is 5.69 Å². The molecule has 19 heavy (non-hydrogen) atoms. The molecule has 0 fully saturated rings. The summed E-state index contributed by atoms with van der Waals surface area (Å²) in [6, 6.07) is 8.17. The molecule has 0 saturated carbocycles. The van der Waals surface area contributed by atoms with Gasteiger partial charge in [-0.25, -0.2) is 13.1 Å². The topological polar surface area (TPSA) is 67.4 Å². The SMILES string of the molecule is COCCS(=O)(=O)NCCC1CNc2ccccc21. The van der Waals surface area contributed by atoms with Crippen molar-refractivity contribution in [3.63, 3.8) is 0 Å². The molecule has 2 N–H and O–H groups in total. The van der Waals surface area contributed by atoms with Crippen molar-refractivity contribution in [3.8, 4) is 0 Å². The van der Waals surface area contributed by atoms with Crippen LogP contribution >= 0.6 is 0 Å². The zero-order valence-corrected chi connectivity index (χ0v) is 11.9. The molecule has 2 rings (SSSR count). The van der Waals surface area contributed by atoms with E-state index in [0.29, 0.717) is 12.5 Å². The van der Waals surface area contributed by atoms with E-state index >= 15 is 0 Å². The van der Waals surface area contributed by atoms with E-state index in [9.17, 15) is 8.42 Å². The lowest BCUT2D eigenvalue weighted by Crippen LogP contribution is -2.30. The van der Waals surface area contributed by atoms with Crippen LogP contribution < -0.4 is 10.0 Å². The van der Waals surface area contributed by atoms with E-state index in [4.69, 9.17) is 4.74 Å². The standard InChI is InChI=1S/C13H20N2O3S/c1-18-8-9-19(16,17)15-7-6-11-10-14-13-5-3-2-4-12(11)13/h2-5,11,14-15H,6-10H2,1H3. The Morgan fingerprint density at radius 2 is 2.21 bits per heavy atom. The highest BCUT2D eigenvalue weighted by atomic mass is 32.2. The number of rotatable bonds is 7. The van der Waals surface area contributed by atoms with Crippen LogP contribution in [0.5, 0.6) is 0 Å². The zero-order chi connectivity index (χ0) is 13.7. The highest BCUT2D eigenvalue weighted by Crippen LogP contribution is 2.32. The van der Waals surface area contributed by atoms with E-state index in [0.717, 1.165) is 18.7 Å². The van der Waals surface area contributed by atoms with Crippen LogP contribution in [0.25, 0.3) is 0 Å². The lowest BCUT2D eigenvalue weighted by atomic mass is 9.98. The Balaban J connectivity index is 1.81. The second kappa shape index (κ2) is 6.36. The van der Waals surface area contributed by atoms with E-state index < -0.39 is 10.0 Å². The summed E-state index contributed by atoms with van der Waals surface area (Å²) < 4.78 is 30.6. The van der Waals surface area contributed by atoms with Gasteiger partial charge in [-0.1, -0.05) is 18.2 Å². The maximum atomic E-state index is 11.6. The van der Waals surface area contributed by atoms with Crippen LogP contribution in [0.1, 0.15) is 17.9 Å². The molecule has 0 bridgehead atoms. The number of hydrogen-bond acceptors (Lipinski definition) is 4. The molecule has 0 aromatic heterocycles. The molecular formula is C13H20N2O3S. The van der Waals surface area contributed by atoms with Gasteiger partial charge in [-0.2, -0.15) is 0 Å². The third-order valence-electron chi connectivity index (χ3n) is 3.31. The van der Waals surface area contributed by atoms with E-state index in [1.54, 1.807) is 0 Å². The molecule has 0 saturated heterocycles. The zero-order valence-electron chi connectivity index (χ0n) is 11.1. The van der Waals surface area contributed by atoms with Crippen LogP contribution in [-0.2, 0) is 14.8 Å². The molecule has 1 unspecified atom stereocenters. The molecule has 1 heterocycles. The van der Waals surface area contributed by atoms with Crippen LogP contribution in [0.3, 0.4) is 0 Å². The second-order valence-electron chi connectivity index (χ2n) is 4.66. The minimum absolute atomic E-state index is 0.0169. The first-order valence-electron chi connectivity index (χ1n) is 6.41. The molecule has 0 spiro atoms. The van der Waals surface area contributed by atoms with Crippen molar-refractivity contribution in [2.45, 2.75) is 12.3 Å². The quantitative estimate of drug-likeness (QED) is 0.788. The van der Waals surface area contributed by atoms with Crippen LogP contribution in [-0.4, -0.2) is 41.0 Å². The van der Waals surface area contributed by atoms with Gasteiger partial charge in [0.15, 0.2) is 0 Å². The van der Waals surface area contributed by atoms with E-state index in [1.165, 1.54) is 12.7 Å². The van der Waals surface area contributed by atoms with Crippen molar-refractivity contribution in [1.82, 2.24) is 4.72 Å². The van der Waals surface area contributed by atoms with Crippen molar-refractivity contribution in [3.05, 3.63) is 29.8 Å². The molecule has 1 aromatic carbocycles. The smallest absolute Gasteiger partial charge is 0.213 e. The van der Waals surface area contributed by atoms with Crippen molar-refractivity contribution < 1.29 is 13.2 Å². The Bertz CT molecular complexity index is 516. The molecule has 0 aliphatic carbocycles. The van der Waals surface area contributed by atoms with Gasteiger partial charge in [0.2, 0.25) is 10.0 Å². The molecule has 1 atom stereocenters. The minimum Gasteiger partial charge on any atom is -0.384 e. The predicted molar refractivity (Wildman–Crippen MR) is 76.0 cm³/mol. The van der Waals surface area contributed by atoms with E-state index in [2.05, 4.69) is 22.2 Å². The number of anilines is 1. The largest absolute Gasteiger partial charge is 0.384 e. The van der Waals surface area contributed by atoms with Crippen LogP contribution in [0.15, 0.2) is 24.3 Å². The van der Waals surface area contributed by atoms with Crippen molar-refractivity contribution in [2.24, 2.45) is 0 Å². The number of para-hydroxylation sites is 1. The molecule has 6 heteroatoms. The maximum Gasteiger partial charge on any atom is 0.213 e. The van der Waals surface area contributed by atoms with Gasteiger partial charge in [0, 0.05) is 31.8 Å². The fourth-order valence-corrected chi connectivity index (χ4v) is 3.23. The van der Waals surface area contributed by atoms with Crippen LogP contribution in [0.2, 0.25) is 0 Å². The monoisotopic (exact) mass is 284 g/mol. The van der Waals surface area contributed by atoms with Crippen molar-refractivity contribution in [2.75, 3.05) is 37.9 Å². The summed E-state index contributed by atoms with van der Waals surface area (Å²) in [4.78, 5) is 0. The second-order valence-corrected chi connectivity index (χ2v) is 6.59. The number of sulfonamides is 1. The average molecular weight is 284 g/mol. The Hall–Kier alpha value is -1.11. The highest BCUT2D eigenvalue weighted by Gasteiger charge is 2.21. The Labute approximate surface area is 114 Å². The summed E-state index contributed by atoms with van der Waals surface area (Å²) in [7, 11) is -1.71. The summed E-state index contributed by atoms with van der Waals surface area (Å²) in [5.41, 5.74) is 2.44. The molecule has 1 aliphatic rings. The van der Waals surface area contributed by atoms with Gasteiger partial charge >= 0.3 is 0 Å². The van der Waals surface area contributed by atoms with Gasteiger partial charge < -0.3 is 10.1 Å². The summed E-state index contributed by atoms with van der Waals surface area (Å²) in [6.45, 7) is 1.56. The fourth-order valence-electron chi connectivity index (χ4n) is 2.27. The molecule has 0 radical (unpaired) electrons. The van der Waals surface area contributed by atoms with Crippen molar-refractivity contribution >= 4 is 15.7 Å². The highest BCUT2D eigenvalue weighted by molar-refractivity contribution is 7.89. The summed E-state index contributed by atoms with van der Waals surface area (Å²) in [5, 5.41) is 3.33. The van der Waals surface area contributed by atoms with Gasteiger partial charge in [0.05, 0.1) is 12.4 Å². The van der Waals surface area contributed by atoms with E-state index in [-0.39, 0.29) is 12.4 Å². The maximum absolute atomic E-state index is 11.6. The Morgan fingerprint density at radius 3 is 3.00 bits per heavy atom. The Kier molecular flexibility index (Phi) is 4.79. The number of benzene rings is 1. The minimum atomic E-state index is -3.21. The molecule has 106 valence electrons. The lowest BCUT2D eigenvalue weighted by Gasteiger charge is -2.11. The number of methoxy groups -OCH3 is 1. The number of nitrogens with one attached hydrogen (secondary N) is 2. The predicted octanol–water partition coefficient (Wildman–Crippen LogP) is 1.15. The third-order valence-corrected chi connectivity index (χ3v) is 4.66. The van der Waals surface area contributed by atoms with Gasteiger partial charge in [0.1, 0.15) is 0 Å². The van der Waals surface area contributed by atoms with Gasteiger partial charge in [0.25, 0.3) is 0 Å². The fraction of sp³-hybridized carbons (Fsp3) is 0.538. The first-order valence-corrected chi connectivity index (χ1v) is 8.06. The summed E-state index contributed by atoms with van der Waals surface area (Å²) in [5.74, 6) is 0.393. The third kappa shape index (κ3) is 3.92.